The third-order valence-electron chi connectivity index (χ3n) is 3.30. The van der Waals surface area contributed by atoms with E-state index >= 15 is 0 Å². The molecule has 0 bridgehead atoms. The minimum atomic E-state index is 0.568. The van der Waals surface area contributed by atoms with Crippen molar-refractivity contribution in [2.75, 3.05) is 37.6 Å². The molecule has 4 nitrogen and oxygen atoms in total. The zero-order chi connectivity index (χ0) is 12.1. The molecule has 2 rings (SSSR count). The Kier molecular flexibility index (Phi) is 4.34. The summed E-state index contributed by atoms with van der Waals surface area (Å²) >= 11 is 0. The van der Waals surface area contributed by atoms with Crippen molar-refractivity contribution in [3.63, 3.8) is 0 Å². The van der Waals surface area contributed by atoms with Gasteiger partial charge in [-0.1, -0.05) is 13.0 Å². The quantitative estimate of drug-likeness (QED) is 0.846. The van der Waals surface area contributed by atoms with Crippen molar-refractivity contribution in [2.24, 2.45) is 5.73 Å². The molecule has 1 fully saturated rings. The van der Waals surface area contributed by atoms with Gasteiger partial charge in [0.25, 0.3) is 0 Å². The van der Waals surface area contributed by atoms with Crippen molar-refractivity contribution < 1.29 is 0 Å². The van der Waals surface area contributed by atoms with Gasteiger partial charge in [-0.05, 0) is 19.0 Å². The van der Waals surface area contributed by atoms with E-state index in [1.54, 1.807) is 0 Å². The summed E-state index contributed by atoms with van der Waals surface area (Å²) in [5.41, 5.74) is 6.90. The number of rotatable bonds is 4. The van der Waals surface area contributed by atoms with Crippen molar-refractivity contribution >= 4 is 5.82 Å². The molecule has 1 saturated heterocycles. The maximum atomic E-state index is 5.76. The monoisotopic (exact) mass is 234 g/mol. The Hall–Kier alpha value is -1.13. The molecule has 2 N–H and O–H groups in total. The SMILES string of the molecule is CCCN1CCN(c2ncccc2CN)CC1. The summed E-state index contributed by atoms with van der Waals surface area (Å²) in [5.74, 6) is 1.08. The van der Waals surface area contributed by atoms with Crippen molar-refractivity contribution in [1.82, 2.24) is 9.88 Å². The Morgan fingerprint density at radius 3 is 2.71 bits per heavy atom. The Balaban J connectivity index is 2.00. The summed E-state index contributed by atoms with van der Waals surface area (Å²) in [5, 5.41) is 0. The lowest BCUT2D eigenvalue weighted by Crippen LogP contribution is -2.47. The molecule has 0 atom stereocenters. The van der Waals surface area contributed by atoms with E-state index in [0.29, 0.717) is 6.54 Å². The molecule has 1 aliphatic heterocycles. The lowest BCUT2D eigenvalue weighted by Gasteiger charge is -2.36. The maximum Gasteiger partial charge on any atom is 0.133 e. The van der Waals surface area contributed by atoms with Crippen LogP contribution in [0.3, 0.4) is 0 Å². The fourth-order valence-corrected chi connectivity index (χ4v) is 2.37. The van der Waals surface area contributed by atoms with Crippen LogP contribution in [0.25, 0.3) is 0 Å². The number of hydrogen-bond acceptors (Lipinski definition) is 4. The second kappa shape index (κ2) is 5.98. The molecule has 0 unspecified atom stereocenters. The summed E-state index contributed by atoms with van der Waals surface area (Å²) < 4.78 is 0. The smallest absolute Gasteiger partial charge is 0.133 e. The summed E-state index contributed by atoms with van der Waals surface area (Å²) in [6.07, 6.45) is 3.09. The van der Waals surface area contributed by atoms with Crippen LogP contribution in [0, 0.1) is 0 Å². The Morgan fingerprint density at radius 1 is 1.29 bits per heavy atom. The Morgan fingerprint density at radius 2 is 2.06 bits per heavy atom. The molecule has 0 saturated carbocycles. The molecule has 0 aliphatic carbocycles. The van der Waals surface area contributed by atoms with E-state index in [9.17, 15) is 0 Å². The highest BCUT2D eigenvalue weighted by Gasteiger charge is 2.18. The van der Waals surface area contributed by atoms with Crippen LogP contribution in [0.5, 0.6) is 0 Å². The first kappa shape index (κ1) is 12.3. The zero-order valence-corrected chi connectivity index (χ0v) is 10.6. The molecule has 94 valence electrons. The van der Waals surface area contributed by atoms with Crippen LogP contribution in [0.15, 0.2) is 18.3 Å². The van der Waals surface area contributed by atoms with Gasteiger partial charge >= 0.3 is 0 Å². The maximum absolute atomic E-state index is 5.76. The number of aromatic nitrogens is 1. The van der Waals surface area contributed by atoms with E-state index in [-0.39, 0.29) is 0 Å². The molecule has 4 heteroatoms. The lowest BCUT2D eigenvalue weighted by atomic mass is 10.2. The van der Waals surface area contributed by atoms with Crippen LogP contribution < -0.4 is 10.6 Å². The van der Waals surface area contributed by atoms with Gasteiger partial charge in [-0.25, -0.2) is 4.98 Å². The third kappa shape index (κ3) is 2.96. The summed E-state index contributed by atoms with van der Waals surface area (Å²) in [7, 11) is 0. The normalized spacial score (nSPS) is 17.4. The van der Waals surface area contributed by atoms with Crippen LogP contribution in [0.4, 0.5) is 5.82 Å². The molecule has 2 heterocycles. The highest BCUT2D eigenvalue weighted by Crippen LogP contribution is 2.18. The summed E-state index contributed by atoms with van der Waals surface area (Å²) in [6, 6.07) is 4.03. The van der Waals surface area contributed by atoms with Crippen LogP contribution in [-0.2, 0) is 6.54 Å². The molecule has 1 aliphatic rings. The number of pyridine rings is 1. The molecule has 0 spiro atoms. The van der Waals surface area contributed by atoms with Crippen LogP contribution in [0.1, 0.15) is 18.9 Å². The number of nitrogens with zero attached hydrogens (tertiary/aromatic N) is 3. The van der Waals surface area contributed by atoms with E-state index < -0.39 is 0 Å². The third-order valence-corrected chi connectivity index (χ3v) is 3.30. The van der Waals surface area contributed by atoms with Gasteiger partial charge in [-0.2, -0.15) is 0 Å². The van der Waals surface area contributed by atoms with Crippen LogP contribution in [0.2, 0.25) is 0 Å². The van der Waals surface area contributed by atoms with Gasteiger partial charge in [0.2, 0.25) is 0 Å². The van der Waals surface area contributed by atoms with Gasteiger partial charge in [0.05, 0.1) is 0 Å². The predicted molar refractivity (Wildman–Crippen MR) is 71.1 cm³/mol. The fraction of sp³-hybridized carbons (Fsp3) is 0.615. The minimum Gasteiger partial charge on any atom is -0.354 e. The second-order valence-electron chi connectivity index (χ2n) is 4.52. The summed E-state index contributed by atoms with van der Waals surface area (Å²) in [4.78, 5) is 9.34. The number of hydrogen-bond donors (Lipinski definition) is 1. The second-order valence-corrected chi connectivity index (χ2v) is 4.52. The van der Waals surface area contributed by atoms with Crippen LogP contribution >= 0.6 is 0 Å². The van der Waals surface area contributed by atoms with Gasteiger partial charge < -0.3 is 10.6 Å². The highest BCUT2D eigenvalue weighted by molar-refractivity contribution is 5.47. The van der Waals surface area contributed by atoms with Crippen molar-refractivity contribution in [1.29, 1.82) is 0 Å². The average Bonchev–Trinajstić information content (AvgIpc) is 2.40. The lowest BCUT2D eigenvalue weighted by molar-refractivity contribution is 0.258. The van der Waals surface area contributed by atoms with Crippen molar-refractivity contribution in [3.05, 3.63) is 23.9 Å². The average molecular weight is 234 g/mol. The van der Waals surface area contributed by atoms with Crippen molar-refractivity contribution in [2.45, 2.75) is 19.9 Å². The molecule has 17 heavy (non-hydrogen) atoms. The molecule has 0 aromatic carbocycles. The van der Waals surface area contributed by atoms with Gasteiger partial charge in [0.15, 0.2) is 0 Å². The van der Waals surface area contributed by atoms with Crippen LogP contribution in [-0.4, -0.2) is 42.6 Å². The first-order valence-corrected chi connectivity index (χ1v) is 6.46. The number of piperazine rings is 1. The van der Waals surface area contributed by atoms with Gasteiger partial charge in [-0.3, -0.25) is 4.90 Å². The van der Waals surface area contributed by atoms with E-state index in [2.05, 4.69) is 27.8 Å². The Labute approximate surface area is 103 Å². The number of anilines is 1. The molecular weight excluding hydrogens is 212 g/mol. The van der Waals surface area contributed by atoms with Crippen molar-refractivity contribution in [3.8, 4) is 0 Å². The first-order valence-electron chi connectivity index (χ1n) is 6.46. The minimum absolute atomic E-state index is 0.568. The predicted octanol–water partition coefficient (Wildman–Crippen LogP) is 1.07. The number of nitrogens with two attached hydrogens (primary N) is 1. The van der Waals surface area contributed by atoms with Gasteiger partial charge in [0.1, 0.15) is 5.82 Å². The standard InChI is InChI=1S/C13H22N4/c1-2-6-16-7-9-17(10-8-16)13-12(11-14)4-3-5-15-13/h3-5H,2,6-11,14H2,1H3. The molecule has 0 amide bonds. The van der Waals surface area contributed by atoms with E-state index in [1.165, 1.54) is 13.0 Å². The van der Waals surface area contributed by atoms with E-state index in [1.807, 2.05) is 12.3 Å². The largest absolute Gasteiger partial charge is 0.354 e. The Bertz CT molecular complexity index is 345. The molecule has 0 radical (unpaired) electrons. The topological polar surface area (TPSA) is 45.4 Å². The fourth-order valence-electron chi connectivity index (χ4n) is 2.37. The molecular formula is C13H22N4. The first-order chi connectivity index (χ1) is 8.35. The summed E-state index contributed by atoms with van der Waals surface area (Å²) in [6.45, 7) is 8.40. The van der Waals surface area contributed by atoms with E-state index in [0.717, 1.165) is 37.6 Å². The zero-order valence-electron chi connectivity index (χ0n) is 10.6. The molecule has 1 aromatic heterocycles. The van der Waals surface area contributed by atoms with Gasteiger partial charge in [0, 0.05) is 44.5 Å². The van der Waals surface area contributed by atoms with E-state index in [4.69, 9.17) is 5.73 Å². The van der Waals surface area contributed by atoms with Gasteiger partial charge in [-0.15, -0.1) is 0 Å². The molecule has 1 aromatic rings. The highest BCUT2D eigenvalue weighted by atomic mass is 15.3.